The molecule has 0 unspecified atom stereocenters. The number of aryl methyl sites for hydroxylation is 2. The molecular weight excluding hydrogens is 518 g/mol. The van der Waals surface area contributed by atoms with Crippen molar-refractivity contribution in [3.8, 4) is 11.1 Å². The Balaban J connectivity index is 1.68. The van der Waals surface area contributed by atoms with E-state index in [1.807, 2.05) is 23.1 Å². The van der Waals surface area contributed by atoms with Crippen molar-refractivity contribution in [2.75, 3.05) is 43.7 Å². The Hall–Kier alpha value is -4.38. The third-order valence-electron chi connectivity index (χ3n) is 7.13. The number of carbonyl (C=O) groups is 2. The molecule has 208 valence electrons. The van der Waals surface area contributed by atoms with Crippen LogP contribution < -0.4 is 15.1 Å². The van der Waals surface area contributed by atoms with E-state index in [-0.39, 0.29) is 17.2 Å². The highest BCUT2D eigenvalue weighted by Crippen LogP contribution is 2.42. The summed E-state index contributed by atoms with van der Waals surface area (Å²) in [6.07, 6.45) is 2.83. The molecule has 1 aliphatic rings. The van der Waals surface area contributed by atoms with Crippen molar-refractivity contribution < 1.29 is 23.1 Å². The predicted molar refractivity (Wildman–Crippen MR) is 149 cm³/mol. The Bertz CT molecular complexity index is 1570. The largest absolute Gasteiger partial charge is 0.383 e. The van der Waals surface area contributed by atoms with Crippen molar-refractivity contribution in [3.05, 3.63) is 65.6 Å². The first-order chi connectivity index (χ1) is 19.3. The Morgan fingerprint density at radius 2 is 2.08 bits per heavy atom. The Kier molecular flexibility index (Phi) is 7.74. The fourth-order valence-electron chi connectivity index (χ4n) is 5.15. The zero-order valence-electron chi connectivity index (χ0n) is 22.5. The second-order valence-electron chi connectivity index (χ2n) is 9.63. The van der Waals surface area contributed by atoms with Crippen LogP contribution >= 0.6 is 0 Å². The molecule has 11 heteroatoms. The van der Waals surface area contributed by atoms with Crippen LogP contribution in [0.5, 0.6) is 0 Å². The summed E-state index contributed by atoms with van der Waals surface area (Å²) in [7, 11) is 4.83. The van der Waals surface area contributed by atoms with Crippen LogP contribution in [-0.2, 0) is 23.0 Å². The Labute approximate surface area is 230 Å². The monoisotopic (exact) mass is 548 g/mol. The van der Waals surface area contributed by atoms with Crippen LogP contribution in [0.3, 0.4) is 0 Å². The molecule has 3 heterocycles. The molecule has 0 atom stereocenters. The lowest BCUT2D eigenvalue weighted by Crippen LogP contribution is -2.28. The van der Waals surface area contributed by atoms with E-state index < -0.39 is 6.43 Å². The number of halogens is 2. The van der Waals surface area contributed by atoms with Crippen molar-refractivity contribution in [1.82, 2.24) is 20.1 Å². The second kappa shape index (κ2) is 11.4. The van der Waals surface area contributed by atoms with E-state index in [1.54, 1.807) is 43.4 Å². The molecule has 40 heavy (non-hydrogen) atoms. The SMILES string of the molecule is CNC(=O)c1cc2cc(N(C=O)CCOC)ccc2c(N2CCCc3cc(-c4cnn(C)c4)c(C(F)F)cc32)n1. The van der Waals surface area contributed by atoms with Gasteiger partial charge in [0.05, 0.1) is 12.8 Å². The molecule has 0 radical (unpaired) electrons. The number of nitrogens with zero attached hydrogens (tertiary/aromatic N) is 5. The average molecular weight is 549 g/mol. The number of aromatic nitrogens is 3. The summed E-state index contributed by atoms with van der Waals surface area (Å²) >= 11 is 0. The van der Waals surface area contributed by atoms with E-state index in [0.717, 1.165) is 23.8 Å². The third-order valence-corrected chi connectivity index (χ3v) is 7.13. The summed E-state index contributed by atoms with van der Waals surface area (Å²) in [5.41, 5.74) is 3.37. The first-order valence-corrected chi connectivity index (χ1v) is 12.9. The number of ether oxygens (including phenoxy) is 1. The van der Waals surface area contributed by atoms with Crippen molar-refractivity contribution in [2.24, 2.45) is 7.05 Å². The molecule has 5 rings (SSSR count). The number of methoxy groups -OCH3 is 1. The first kappa shape index (κ1) is 27.2. The summed E-state index contributed by atoms with van der Waals surface area (Å²) in [6.45, 7) is 1.26. The van der Waals surface area contributed by atoms with Crippen molar-refractivity contribution in [1.29, 1.82) is 0 Å². The van der Waals surface area contributed by atoms with E-state index in [9.17, 15) is 18.4 Å². The lowest BCUT2D eigenvalue weighted by Gasteiger charge is -2.33. The average Bonchev–Trinajstić information content (AvgIpc) is 3.41. The first-order valence-electron chi connectivity index (χ1n) is 12.9. The fourth-order valence-corrected chi connectivity index (χ4v) is 5.15. The molecule has 2 aromatic heterocycles. The number of carbonyl (C=O) groups excluding carboxylic acids is 2. The minimum Gasteiger partial charge on any atom is -0.383 e. The number of hydrogen-bond donors (Lipinski definition) is 1. The van der Waals surface area contributed by atoms with Crippen LogP contribution in [0.1, 0.15) is 34.5 Å². The highest BCUT2D eigenvalue weighted by molar-refractivity contribution is 6.03. The minimum absolute atomic E-state index is 0.0903. The van der Waals surface area contributed by atoms with Gasteiger partial charge >= 0.3 is 0 Å². The molecule has 1 aliphatic heterocycles. The molecule has 4 aromatic rings. The van der Waals surface area contributed by atoms with Gasteiger partial charge in [0.25, 0.3) is 12.3 Å². The predicted octanol–water partition coefficient (Wildman–Crippen LogP) is 4.63. The molecule has 0 saturated carbocycles. The Morgan fingerprint density at radius 1 is 1.25 bits per heavy atom. The number of pyridine rings is 1. The fraction of sp³-hybridized carbons (Fsp3) is 0.310. The van der Waals surface area contributed by atoms with Gasteiger partial charge < -0.3 is 19.9 Å². The normalized spacial score (nSPS) is 13.0. The second-order valence-corrected chi connectivity index (χ2v) is 9.63. The molecule has 0 aliphatic carbocycles. The smallest absolute Gasteiger partial charge is 0.269 e. The number of rotatable bonds is 9. The standard InChI is InChI=1S/C29H30F2N6O3/c1-32-29(39)25-13-19-11-21(36(17-38)9-10-40-3)6-7-22(19)28(34-25)37-8-4-5-18-12-23(20-15-33-35(2)16-20)24(27(30)31)14-26(18)37/h6-7,11-17,27H,4-5,8-10H2,1-3H3,(H,32,39). The molecule has 0 bridgehead atoms. The van der Waals surface area contributed by atoms with E-state index in [0.29, 0.717) is 59.8 Å². The Morgan fingerprint density at radius 3 is 2.75 bits per heavy atom. The maximum absolute atomic E-state index is 14.4. The van der Waals surface area contributed by atoms with Gasteiger partial charge in [-0.2, -0.15) is 5.10 Å². The van der Waals surface area contributed by atoms with Gasteiger partial charge in [0, 0.05) is 68.4 Å². The number of hydrogen-bond acceptors (Lipinski definition) is 6. The summed E-state index contributed by atoms with van der Waals surface area (Å²) in [4.78, 5) is 32.6. The number of benzene rings is 2. The molecule has 0 fully saturated rings. The number of anilines is 3. The van der Waals surface area contributed by atoms with E-state index in [1.165, 1.54) is 18.0 Å². The zero-order chi connectivity index (χ0) is 28.4. The summed E-state index contributed by atoms with van der Waals surface area (Å²) in [5, 5.41) is 8.20. The maximum Gasteiger partial charge on any atom is 0.269 e. The molecule has 9 nitrogen and oxygen atoms in total. The maximum atomic E-state index is 14.4. The summed E-state index contributed by atoms with van der Waals surface area (Å²) in [5.74, 6) is 0.116. The zero-order valence-corrected chi connectivity index (χ0v) is 22.5. The van der Waals surface area contributed by atoms with Gasteiger partial charge in [0.1, 0.15) is 11.5 Å². The molecule has 0 spiro atoms. The lowest BCUT2D eigenvalue weighted by atomic mass is 9.93. The van der Waals surface area contributed by atoms with Crippen LogP contribution in [0.4, 0.5) is 26.0 Å². The minimum atomic E-state index is -2.70. The summed E-state index contributed by atoms with van der Waals surface area (Å²) < 4.78 is 35.5. The van der Waals surface area contributed by atoms with E-state index in [4.69, 9.17) is 9.72 Å². The highest BCUT2D eigenvalue weighted by atomic mass is 19.3. The topological polar surface area (TPSA) is 92.6 Å². The van der Waals surface area contributed by atoms with E-state index >= 15 is 0 Å². The van der Waals surface area contributed by atoms with Crippen LogP contribution in [0.15, 0.2) is 48.8 Å². The van der Waals surface area contributed by atoms with Crippen molar-refractivity contribution >= 4 is 40.3 Å². The third kappa shape index (κ3) is 5.12. The van der Waals surface area contributed by atoms with Gasteiger partial charge in [-0.05, 0) is 65.8 Å². The summed E-state index contributed by atoms with van der Waals surface area (Å²) in [6, 6.07) is 10.5. The van der Waals surface area contributed by atoms with Gasteiger partial charge in [-0.1, -0.05) is 0 Å². The van der Waals surface area contributed by atoms with Gasteiger partial charge in [-0.3, -0.25) is 14.3 Å². The lowest BCUT2D eigenvalue weighted by molar-refractivity contribution is -0.107. The number of alkyl halides is 2. The van der Waals surface area contributed by atoms with Crippen LogP contribution in [0.2, 0.25) is 0 Å². The molecule has 2 amide bonds. The van der Waals surface area contributed by atoms with Crippen LogP contribution in [0, 0.1) is 0 Å². The van der Waals surface area contributed by atoms with Crippen molar-refractivity contribution in [2.45, 2.75) is 19.3 Å². The number of nitrogens with one attached hydrogen (secondary N) is 1. The number of amides is 2. The van der Waals surface area contributed by atoms with Gasteiger partial charge in [-0.25, -0.2) is 13.8 Å². The molecule has 0 saturated heterocycles. The molecule has 2 aromatic carbocycles. The highest BCUT2D eigenvalue weighted by Gasteiger charge is 2.27. The quantitative estimate of drug-likeness (QED) is 0.307. The molecular formula is C29H30F2N6O3. The van der Waals surface area contributed by atoms with Gasteiger partial charge in [0.2, 0.25) is 6.41 Å². The van der Waals surface area contributed by atoms with Gasteiger partial charge in [-0.15, -0.1) is 0 Å². The van der Waals surface area contributed by atoms with Crippen molar-refractivity contribution in [3.63, 3.8) is 0 Å². The number of fused-ring (bicyclic) bond motifs is 2. The van der Waals surface area contributed by atoms with Gasteiger partial charge in [0.15, 0.2) is 0 Å². The molecule has 1 N–H and O–H groups in total. The van der Waals surface area contributed by atoms with E-state index in [2.05, 4.69) is 10.4 Å². The van der Waals surface area contributed by atoms with Crippen LogP contribution in [-0.4, -0.2) is 60.9 Å². The van der Waals surface area contributed by atoms with Crippen LogP contribution in [0.25, 0.3) is 21.9 Å².